The molecule has 0 aliphatic carbocycles. The van der Waals surface area contributed by atoms with Crippen LogP contribution in [0.3, 0.4) is 0 Å². The number of benzene rings is 2. The van der Waals surface area contributed by atoms with Crippen LogP contribution < -0.4 is 0 Å². The van der Waals surface area contributed by atoms with Crippen molar-refractivity contribution in [3.63, 3.8) is 0 Å². The molecule has 0 radical (unpaired) electrons. The summed E-state index contributed by atoms with van der Waals surface area (Å²) in [7, 11) is 3.10. The third kappa shape index (κ3) is 3.54. The Labute approximate surface area is 174 Å². The minimum absolute atomic E-state index is 0.0860. The monoisotopic (exact) mass is 411 g/mol. The lowest BCUT2D eigenvalue weighted by atomic mass is 9.81. The van der Waals surface area contributed by atoms with Gasteiger partial charge in [0.2, 0.25) is 11.8 Å². The van der Waals surface area contributed by atoms with Gasteiger partial charge in [0.25, 0.3) is 0 Å². The molecule has 0 saturated carbocycles. The molecule has 0 bridgehead atoms. The number of nitriles is 1. The lowest BCUT2D eigenvalue weighted by Gasteiger charge is -2.50. The van der Waals surface area contributed by atoms with Crippen molar-refractivity contribution in [1.82, 2.24) is 9.80 Å². The first kappa shape index (κ1) is 21.4. The highest BCUT2D eigenvalue weighted by atomic mass is 19.1. The predicted molar refractivity (Wildman–Crippen MR) is 107 cm³/mol. The standard InChI is InChI=1S/C23H23F2N3O2/c1-4-23(13-15-8-10-17(24)11-9-15)22(30)27(2)20(21(29)28(23)3)12-18-16(14-26)6-5-7-19(18)25/h5-11,20H,4,12-13H2,1-3H3. The highest BCUT2D eigenvalue weighted by Gasteiger charge is 2.52. The van der Waals surface area contributed by atoms with E-state index in [0.29, 0.717) is 6.42 Å². The number of carbonyl (C=O) groups is 2. The average molecular weight is 411 g/mol. The Bertz CT molecular complexity index is 1020. The molecule has 2 amide bonds. The summed E-state index contributed by atoms with van der Waals surface area (Å²) in [6.45, 7) is 1.82. The molecule has 1 aliphatic heterocycles. The summed E-state index contributed by atoms with van der Waals surface area (Å²) in [5.41, 5.74) is -0.120. The maximum Gasteiger partial charge on any atom is 0.249 e. The maximum absolute atomic E-state index is 14.4. The molecule has 30 heavy (non-hydrogen) atoms. The first-order valence-corrected chi connectivity index (χ1v) is 9.72. The summed E-state index contributed by atoms with van der Waals surface area (Å²) >= 11 is 0. The molecule has 0 spiro atoms. The minimum atomic E-state index is -1.12. The molecule has 0 N–H and O–H groups in total. The van der Waals surface area contributed by atoms with Crippen LogP contribution in [0.25, 0.3) is 0 Å². The summed E-state index contributed by atoms with van der Waals surface area (Å²) in [6.07, 6.45) is 0.522. The first-order chi connectivity index (χ1) is 14.2. The molecule has 2 aromatic carbocycles. The topological polar surface area (TPSA) is 64.4 Å². The lowest BCUT2D eigenvalue weighted by molar-refractivity contribution is -0.167. The number of nitrogens with zero attached hydrogens (tertiary/aromatic N) is 3. The third-order valence-corrected chi connectivity index (χ3v) is 6.08. The van der Waals surface area contributed by atoms with Gasteiger partial charge in [-0.25, -0.2) is 8.78 Å². The highest BCUT2D eigenvalue weighted by molar-refractivity contribution is 6.00. The van der Waals surface area contributed by atoms with Crippen LogP contribution in [0.1, 0.15) is 30.0 Å². The van der Waals surface area contributed by atoms with E-state index in [1.165, 1.54) is 47.2 Å². The van der Waals surface area contributed by atoms with Gasteiger partial charge in [0.15, 0.2) is 0 Å². The summed E-state index contributed by atoms with van der Waals surface area (Å²) in [5.74, 6) is -1.55. The second-order valence-electron chi connectivity index (χ2n) is 7.60. The predicted octanol–water partition coefficient (Wildman–Crippen LogP) is 3.07. The van der Waals surface area contributed by atoms with Crippen molar-refractivity contribution in [3.05, 3.63) is 70.8 Å². The number of halogens is 2. The highest BCUT2D eigenvalue weighted by Crippen LogP contribution is 2.33. The van der Waals surface area contributed by atoms with Crippen molar-refractivity contribution in [2.45, 2.75) is 37.8 Å². The van der Waals surface area contributed by atoms with Crippen molar-refractivity contribution in [2.75, 3.05) is 14.1 Å². The first-order valence-electron chi connectivity index (χ1n) is 9.72. The van der Waals surface area contributed by atoms with E-state index < -0.39 is 17.4 Å². The number of carbonyl (C=O) groups excluding carboxylic acids is 2. The van der Waals surface area contributed by atoms with E-state index in [4.69, 9.17) is 0 Å². The lowest BCUT2D eigenvalue weighted by Crippen LogP contribution is -2.70. The fraction of sp³-hybridized carbons (Fsp3) is 0.348. The van der Waals surface area contributed by atoms with Gasteiger partial charge in [-0.1, -0.05) is 25.1 Å². The fourth-order valence-corrected chi connectivity index (χ4v) is 4.15. The second kappa shape index (κ2) is 8.23. The number of rotatable bonds is 5. The Morgan fingerprint density at radius 2 is 1.77 bits per heavy atom. The number of amides is 2. The van der Waals surface area contributed by atoms with Crippen molar-refractivity contribution in [3.8, 4) is 6.07 Å². The molecule has 156 valence electrons. The van der Waals surface area contributed by atoms with E-state index in [9.17, 15) is 23.6 Å². The van der Waals surface area contributed by atoms with E-state index in [0.717, 1.165) is 5.56 Å². The van der Waals surface area contributed by atoms with Crippen LogP contribution in [0.15, 0.2) is 42.5 Å². The Morgan fingerprint density at radius 1 is 1.10 bits per heavy atom. The molecule has 1 saturated heterocycles. The second-order valence-corrected chi connectivity index (χ2v) is 7.60. The van der Waals surface area contributed by atoms with Crippen LogP contribution in [0.5, 0.6) is 0 Å². The van der Waals surface area contributed by atoms with Gasteiger partial charge >= 0.3 is 0 Å². The summed E-state index contributed by atoms with van der Waals surface area (Å²) in [5, 5.41) is 9.29. The summed E-state index contributed by atoms with van der Waals surface area (Å²) < 4.78 is 27.6. The molecule has 0 aromatic heterocycles. The number of hydrogen-bond acceptors (Lipinski definition) is 3. The molecule has 3 rings (SSSR count). The van der Waals surface area contributed by atoms with Crippen molar-refractivity contribution in [2.24, 2.45) is 0 Å². The van der Waals surface area contributed by atoms with E-state index in [2.05, 4.69) is 0 Å². The molecular weight excluding hydrogens is 388 g/mol. The van der Waals surface area contributed by atoms with Gasteiger partial charge in [0.1, 0.15) is 23.2 Å². The molecule has 2 aromatic rings. The number of hydrogen-bond donors (Lipinski definition) is 0. The minimum Gasteiger partial charge on any atom is -0.331 e. The maximum atomic E-state index is 14.4. The largest absolute Gasteiger partial charge is 0.331 e. The zero-order valence-corrected chi connectivity index (χ0v) is 17.2. The fourth-order valence-electron chi connectivity index (χ4n) is 4.15. The summed E-state index contributed by atoms with van der Waals surface area (Å²) in [4.78, 5) is 29.5. The molecular formula is C23H23F2N3O2. The molecule has 2 atom stereocenters. The van der Waals surface area contributed by atoms with Crippen LogP contribution in [0.2, 0.25) is 0 Å². The van der Waals surface area contributed by atoms with Crippen LogP contribution >= 0.6 is 0 Å². The Morgan fingerprint density at radius 3 is 2.37 bits per heavy atom. The molecule has 1 aliphatic rings. The summed E-state index contributed by atoms with van der Waals surface area (Å²) in [6, 6.07) is 11.0. The Balaban J connectivity index is 1.95. The van der Waals surface area contributed by atoms with Gasteiger partial charge in [-0.15, -0.1) is 0 Å². The van der Waals surface area contributed by atoms with E-state index in [1.807, 2.05) is 13.0 Å². The van der Waals surface area contributed by atoms with Crippen molar-refractivity contribution < 1.29 is 18.4 Å². The van der Waals surface area contributed by atoms with Crippen LogP contribution in [0, 0.1) is 23.0 Å². The van der Waals surface area contributed by atoms with E-state index >= 15 is 0 Å². The Kier molecular flexibility index (Phi) is 5.88. The van der Waals surface area contributed by atoms with Crippen LogP contribution in [-0.4, -0.2) is 47.3 Å². The smallest absolute Gasteiger partial charge is 0.249 e. The Hall–Kier alpha value is -3.27. The molecule has 2 unspecified atom stereocenters. The van der Waals surface area contributed by atoms with Gasteiger partial charge in [0.05, 0.1) is 11.6 Å². The molecule has 5 nitrogen and oxygen atoms in total. The SMILES string of the molecule is CCC1(Cc2ccc(F)cc2)C(=O)N(C)C(Cc2c(F)cccc2C#N)C(=O)N1C. The van der Waals surface area contributed by atoms with Gasteiger partial charge in [0, 0.05) is 32.5 Å². The molecule has 1 heterocycles. The molecule has 7 heteroatoms. The third-order valence-electron chi connectivity index (χ3n) is 6.08. The van der Waals surface area contributed by atoms with E-state index in [1.54, 1.807) is 19.2 Å². The van der Waals surface area contributed by atoms with Crippen molar-refractivity contribution in [1.29, 1.82) is 5.26 Å². The zero-order chi connectivity index (χ0) is 22.1. The van der Waals surface area contributed by atoms with Crippen molar-refractivity contribution >= 4 is 11.8 Å². The van der Waals surface area contributed by atoms with Gasteiger partial charge in [-0.05, 0) is 36.2 Å². The van der Waals surface area contributed by atoms with Gasteiger partial charge in [-0.3, -0.25) is 9.59 Å². The number of piperazine rings is 1. The van der Waals surface area contributed by atoms with Crippen LogP contribution in [0.4, 0.5) is 8.78 Å². The number of likely N-dealkylation sites (N-methyl/N-ethyl adjacent to an activating group) is 2. The van der Waals surface area contributed by atoms with Gasteiger partial charge < -0.3 is 9.80 Å². The van der Waals surface area contributed by atoms with Gasteiger partial charge in [-0.2, -0.15) is 5.26 Å². The average Bonchev–Trinajstić information content (AvgIpc) is 2.75. The zero-order valence-electron chi connectivity index (χ0n) is 17.2. The quantitative estimate of drug-likeness (QED) is 0.760. The van der Waals surface area contributed by atoms with E-state index in [-0.39, 0.29) is 41.6 Å². The molecule has 1 fully saturated rings. The normalized spacial score (nSPS) is 21.7. The van der Waals surface area contributed by atoms with Crippen LogP contribution in [-0.2, 0) is 22.4 Å².